The number of aromatic nitrogens is 3. The van der Waals surface area contributed by atoms with Crippen LogP contribution in [0.5, 0.6) is 0 Å². The fourth-order valence-electron chi connectivity index (χ4n) is 1.85. The van der Waals surface area contributed by atoms with Gasteiger partial charge in [-0.05, 0) is 19.8 Å². The fraction of sp³-hybridized carbons (Fsp3) is 0.778. The first-order chi connectivity index (χ1) is 6.27. The van der Waals surface area contributed by atoms with Crippen molar-refractivity contribution >= 4 is 0 Å². The normalized spacial score (nSPS) is 20.8. The minimum atomic E-state index is -0.00449. The Morgan fingerprint density at radius 3 is 2.77 bits per heavy atom. The van der Waals surface area contributed by atoms with Crippen molar-refractivity contribution in [2.45, 2.75) is 44.7 Å². The molecule has 1 atom stereocenters. The molecule has 1 fully saturated rings. The number of rotatable bonds is 2. The van der Waals surface area contributed by atoms with Crippen LogP contribution in [0.1, 0.15) is 50.4 Å². The number of hydrogen-bond acceptors (Lipinski definition) is 3. The van der Waals surface area contributed by atoms with E-state index in [4.69, 9.17) is 5.73 Å². The molecule has 0 saturated heterocycles. The first kappa shape index (κ1) is 8.69. The summed E-state index contributed by atoms with van der Waals surface area (Å²) >= 11 is 0. The molecule has 72 valence electrons. The first-order valence-electron chi connectivity index (χ1n) is 4.94. The predicted molar refractivity (Wildman–Crippen MR) is 50.1 cm³/mol. The van der Waals surface area contributed by atoms with Crippen molar-refractivity contribution < 1.29 is 0 Å². The van der Waals surface area contributed by atoms with Gasteiger partial charge in [-0.3, -0.25) is 0 Å². The summed E-state index contributed by atoms with van der Waals surface area (Å²) in [6.07, 6.45) is 7.10. The van der Waals surface area contributed by atoms with Gasteiger partial charge in [0.2, 0.25) is 0 Å². The van der Waals surface area contributed by atoms with Gasteiger partial charge in [0.25, 0.3) is 0 Å². The summed E-state index contributed by atoms with van der Waals surface area (Å²) in [7, 11) is 0. The van der Waals surface area contributed by atoms with E-state index in [1.165, 1.54) is 25.7 Å². The second-order valence-electron chi connectivity index (χ2n) is 3.85. The topological polar surface area (TPSA) is 56.7 Å². The van der Waals surface area contributed by atoms with Gasteiger partial charge < -0.3 is 5.73 Å². The molecule has 0 aliphatic heterocycles. The molecule has 13 heavy (non-hydrogen) atoms. The lowest BCUT2D eigenvalue weighted by molar-refractivity contribution is 0.454. The maximum atomic E-state index is 5.71. The Labute approximate surface area is 78.1 Å². The molecular weight excluding hydrogens is 164 g/mol. The minimum Gasteiger partial charge on any atom is -0.323 e. The van der Waals surface area contributed by atoms with Crippen LogP contribution < -0.4 is 5.73 Å². The van der Waals surface area contributed by atoms with Gasteiger partial charge in [-0.15, -0.1) is 5.10 Å². The van der Waals surface area contributed by atoms with Gasteiger partial charge in [0.05, 0.1) is 17.9 Å². The highest BCUT2D eigenvalue weighted by Gasteiger charge is 2.18. The van der Waals surface area contributed by atoms with Gasteiger partial charge in [-0.25, -0.2) is 4.68 Å². The highest BCUT2D eigenvalue weighted by Crippen LogP contribution is 2.28. The van der Waals surface area contributed by atoms with Crippen molar-refractivity contribution in [1.82, 2.24) is 15.0 Å². The molecule has 0 radical (unpaired) electrons. The quantitative estimate of drug-likeness (QED) is 0.748. The van der Waals surface area contributed by atoms with Crippen LogP contribution in [0.25, 0.3) is 0 Å². The van der Waals surface area contributed by atoms with E-state index in [1.807, 2.05) is 17.8 Å². The molecule has 4 nitrogen and oxygen atoms in total. The summed E-state index contributed by atoms with van der Waals surface area (Å²) < 4.78 is 1.98. The van der Waals surface area contributed by atoms with Crippen molar-refractivity contribution in [2.75, 3.05) is 0 Å². The summed E-state index contributed by atoms with van der Waals surface area (Å²) in [5.74, 6) is 0. The molecule has 0 bridgehead atoms. The molecule has 1 heterocycles. The molecule has 1 aliphatic rings. The lowest BCUT2D eigenvalue weighted by Crippen LogP contribution is -2.06. The van der Waals surface area contributed by atoms with E-state index in [-0.39, 0.29) is 6.04 Å². The molecule has 1 saturated carbocycles. The molecule has 1 aromatic heterocycles. The Balaban J connectivity index is 2.12. The lowest BCUT2D eigenvalue weighted by Gasteiger charge is -2.07. The van der Waals surface area contributed by atoms with Gasteiger partial charge in [-0.1, -0.05) is 18.1 Å². The molecule has 4 heteroatoms. The average Bonchev–Trinajstić information content (AvgIpc) is 2.75. The van der Waals surface area contributed by atoms with Crippen LogP contribution in [0.15, 0.2) is 6.20 Å². The van der Waals surface area contributed by atoms with E-state index in [0.717, 1.165) is 5.69 Å². The Kier molecular flexibility index (Phi) is 2.31. The predicted octanol–water partition coefficient (Wildman–Crippen LogP) is 1.41. The maximum absolute atomic E-state index is 5.71. The molecule has 1 aromatic rings. The summed E-state index contributed by atoms with van der Waals surface area (Å²) in [4.78, 5) is 0. The standard InChI is InChI=1S/C9H16N4/c1-7(10)9-6-13(12-11-9)8-4-2-3-5-8/h6-8H,2-5,10H2,1H3. The molecule has 0 spiro atoms. The van der Waals surface area contributed by atoms with Crippen LogP contribution in [0, 0.1) is 0 Å². The third kappa shape index (κ3) is 1.72. The van der Waals surface area contributed by atoms with Crippen molar-refractivity contribution in [3.8, 4) is 0 Å². The smallest absolute Gasteiger partial charge is 0.0991 e. The number of nitrogens with two attached hydrogens (primary N) is 1. The van der Waals surface area contributed by atoms with Gasteiger partial charge in [0.1, 0.15) is 0 Å². The Morgan fingerprint density at radius 2 is 2.23 bits per heavy atom. The van der Waals surface area contributed by atoms with Crippen molar-refractivity contribution in [3.63, 3.8) is 0 Å². The second kappa shape index (κ2) is 3.46. The first-order valence-corrected chi connectivity index (χ1v) is 4.94. The van der Waals surface area contributed by atoms with E-state index >= 15 is 0 Å². The van der Waals surface area contributed by atoms with Gasteiger partial charge >= 0.3 is 0 Å². The molecule has 0 aromatic carbocycles. The van der Waals surface area contributed by atoms with Crippen LogP contribution in [-0.2, 0) is 0 Å². The van der Waals surface area contributed by atoms with E-state index in [1.54, 1.807) is 0 Å². The van der Waals surface area contributed by atoms with Crippen molar-refractivity contribution in [3.05, 3.63) is 11.9 Å². The van der Waals surface area contributed by atoms with Crippen molar-refractivity contribution in [2.24, 2.45) is 5.73 Å². The zero-order valence-corrected chi connectivity index (χ0v) is 7.98. The van der Waals surface area contributed by atoms with Gasteiger partial charge in [0.15, 0.2) is 0 Å². The second-order valence-corrected chi connectivity index (χ2v) is 3.85. The summed E-state index contributed by atoms with van der Waals surface area (Å²) in [5.41, 5.74) is 6.61. The highest BCUT2D eigenvalue weighted by atomic mass is 15.4. The molecule has 0 amide bonds. The fourth-order valence-corrected chi connectivity index (χ4v) is 1.85. The lowest BCUT2D eigenvalue weighted by atomic mass is 10.2. The third-order valence-corrected chi connectivity index (χ3v) is 2.69. The van der Waals surface area contributed by atoms with Crippen LogP contribution in [0.3, 0.4) is 0 Å². The number of hydrogen-bond donors (Lipinski definition) is 1. The summed E-state index contributed by atoms with van der Waals surface area (Å²) in [6, 6.07) is 0.565. The molecule has 1 aliphatic carbocycles. The van der Waals surface area contributed by atoms with Gasteiger partial charge in [-0.2, -0.15) is 0 Å². The molecule has 2 rings (SSSR count). The summed E-state index contributed by atoms with van der Waals surface area (Å²) in [5, 5.41) is 8.15. The SMILES string of the molecule is CC(N)c1cn(C2CCCC2)nn1. The Morgan fingerprint density at radius 1 is 1.54 bits per heavy atom. The van der Waals surface area contributed by atoms with Gasteiger partial charge in [0, 0.05) is 6.04 Å². The molecule has 1 unspecified atom stereocenters. The maximum Gasteiger partial charge on any atom is 0.0991 e. The highest BCUT2D eigenvalue weighted by molar-refractivity contribution is 4.98. The summed E-state index contributed by atoms with van der Waals surface area (Å²) in [6.45, 7) is 1.93. The number of nitrogens with zero attached hydrogens (tertiary/aromatic N) is 3. The zero-order valence-electron chi connectivity index (χ0n) is 7.98. The van der Waals surface area contributed by atoms with Crippen LogP contribution >= 0.6 is 0 Å². The zero-order chi connectivity index (χ0) is 9.26. The largest absolute Gasteiger partial charge is 0.323 e. The third-order valence-electron chi connectivity index (χ3n) is 2.69. The molecular formula is C9H16N4. The van der Waals surface area contributed by atoms with Crippen LogP contribution in [-0.4, -0.2) is 15.0 Å². The van der Waals surface area contributed by atoms with E-state index < -0.39 is 0 Å². The Hall–Kier alpha value is -0.900. The van der Waals surface area contributed by atoms with Crippen LogP contribution in [0.4, 0.5) is 0 Å². The van der Waals surface area contributed by atoms with E-state index in [0.29, 0.717) is 6.04 Å². The monoisotopic (exact) mass is 180 g/mol. The molecule has 2 N–H and O–H groups in total. The average molecular weight is 180 g/mol. The Bertz CT molecular complexity index is 273. The van der Waals surface area contributed by atoms with Crippen LogP contribution in [0.2, 0.25) is 0 Å². The van der Waals surface area contributed by atoms with Crippen molar-refractivity contribution in [1.29, 1.82) is 0 Å². The van der Waals surface area contributed by atoms with E-state index in [2.05, 4.69) is 10.3 Å². The van der Waals surface area contributed by atoms with E-state index in [9.17, 15) is 0 Å². The minimum absolute atomic E-state index is 0.00449.